The molecule has 1 aliphatic heterocycles. The molecule has 1 heterocycles. The van der Waals surface area contributed by atoms with E-state index in [-0.39, 0.29) is 11.8 Å². The van der Waals surface area contributed by atoms with Gasteiger partial charge in [0.2, 0.25) is 11.8 Å². The van der Waals surface area contributed by atoms with E-state index in [4.69, 9.17) is 4.74 Å². The van der Waals surface area contributed by atoms with Crippen LogP contribution in [0.2, 0.25) is 0 Å². The van der Waals surface area contributed by atoms with E-state index < -0.39 is 6.04 Å². The van der Waals surface area contributed by atoms with Crippen molar-refractivity contribution in [2.24, 2.45) is 0 Å². The minimum absolute atomic E-state index is 0.0109. The van der Waals surface area contributed by atoms with Crippen molar-refractivity contribution in [2.45, 2.75) is 39.3 Å². The van der Waals surface area contributed by atoms with Gasteiger partial charge >= 0.3 is 0 Å². The Morgan fingerprint density at radius 1 is 1.15 bits per heavy atom. The molecule has 0 radical (unpaired) electrons. The molecule has 0 saturated carbocycles. The first-order valence-electron chi connectivity index (χ1n) is 9.50. The Balaban J connectivity index is 1.75. The lowest BCUT2D eigenvalue weighted by atomic mass is 9.91. The fourth-order valence-electron chi connectivity index (χ4n) is 3.47. The SMILES string of the molecule is CCCN1C(=O)Cc2ccccc2C1C(=O)NCc1ccc(OCC)cc1. The summed E-state index contributed by atoms with van der Waals surface area (Å²) in [6.45, 7) is 5.58. The monoisotopic (exact) mass is 366 g/mol. The third-order valence-electron chi connectivity index (χ3n) is 4.74. The molecule has 0 aliphatic carbocycles. The van der Waals surface area contributed by atoms with Gasteiger partial charge in [-0.2, -0.15) is 0 Å². The van der Waals surface area contributed by atoms with E-state index in [1.54, 1.807) is 4.90 Å². The summed E-state index contributed by atoms with van der Waals surface area (Å²) in [6.07, 6.45) is 1.18. The number of carbonyl (C=O) groups excluding carboxylic acids is 2. The summed E-state index contributed by atoms with van der Waals surface area (Å²) in [5.74, 6) is 0.683. The van der Waals surface area contributed by atoms with E-state index >= 15 is 0 Å². The van der Waals surface area contributed by atoms with Crippen molar-refractivity contribution in [2.75, 3.05) is 13.2 Å². The first-order chi connectivity index (χ1) is 13.1. The Hall–Kier alpha value is -2.82. The van der Waals surface area contributed by atoms with Gasteiger partial charge in [0.1, 0.15) is 11.8 Å². The fraction of sp³-hybridized carbons (Fsp3) is 0.364. The average Bonchev–Trinajstić information content (AvgIpc) is 2.68. The van der Waals surface area contributed by atoms with Gasteiger partial charge in [-0.3, -0.25) is 9.59 Å². The molecule has 2 aromatic carbocycles. The van der Waals surface area contributed by atoms with Crippen molar-refractivity contribution in [3.8, 4) is 5.75 Å². The normalized spacial score (nSPS) is 16.0. The summed E-state index contributed by atoms with van der Waals surface area (Å²) < 4.78 is 5.44. The number of fused-ring (bicyclic) bond motifs is 1. The van der Waals surface area contributed by atoms with Crippen LogP contribution in [0, 0.1) is 0 Å². The molecule has 1 atom stereocenters. The van der Waals surface area contributed by atoms with Gasteiger partial charge in [-0.05, 0) is 42.2 Å². The highest BCUT2D eigenvalue weighted by Gasteiger charge is 2.36. The topological polar surface area (TPSA) is 58.6 Å². The Kier molecular flexibility index (Phi) is 6.12. The van der Waals surface area contributed by atoms with Crippen LogP contribution in [0.3, 0.4) is 0 Å². The molecule has 0 fully saturated rings. The second-order valence-corrected chi connectivity index (χ2v) is 6.66. The second kappa shape index (κ2) is 8.71. The quantitative estimate of drug-likeness (QED) is 0.818. The van der Waals surface area contributed by atoms with Gasteiger partial charge in [0.05, 0.1) is 13.0 Å². The number of amides is 2. The molecular weight excluding hydrogens is 340 g/mol. The van der Waals surface area contributed by atoms with Crippen LogP contribution in [0.4, 0.5) is 0 Å². The number of rotatable bonds is 7. The van der Waals surface area contributed by atoms with Gasteiger partial charge in [-0.15, -0.1) is 0 Å². The van der Waals surface area contributed by atoms with Crippen LogP contribution < -0.4 is 10.1 Å². The minimum atomic E-state index is -0.565. The summed E-state index contributed by atoms with van der Waals surface area (Å²) in [4.78, 5) is 27.3. The van der Waals surface area contributed by atoms with Crippen LogP contribution in [0.25, 0.3) is 0 Å². The van der Waals surface area contributed by atoms with Crippen LogP contribution in [0.15, 0.2) is 48.5 Å². The van der Waals surface area contributed by atoms with Crippen LogP contribution >= 0.6 is 0 Å². The van der Waals surface area contributed by atoms with Crippen LogP contribution in [-0.2, 0) is 22.6 Å². The number of carbonyl (C=O) groups is 2. The summed E-state index contributed by atoms with van der Waals surface area (Å²) >= 11 is 0. The molecule has 2 aromatic rings. The molecule has 2 amide bonds. The molecular formula is C22H26N2O3. The molecule has 0 saturated heterocycles. The van der Waals surface area contributed by atoms with Crippen molar-refractivity contribution in [3.63, 3.8) is 0 Å². The smallest absolute Gasteiger partial charge is 0.247 e. The molecule has 0 bridgehead atoms. The number of hydrogen-bond donors (Lipinski definition) is 1. The highest BCUT2D eigenvalue weighted by atomic mass is 16.5. The van der Waals surface area contributed by atoms with E-state index in [1.165, 1.54) is 0 Å². The third-order valence-corrected chi connectivity index (χ3v) is 4.74. The van der Waals surface area contributed by atoms with Crippen LogP contribution in [0.5, 0.6) is 5.75 Å². The zero-order valence-corrected chi connectivity index (χ0v) is 15.9. The van der Waals surface area contributed by atoms with E-state index in [2.05, 4.69) is 5.32 Å². The van der Waals surface area contributed by atoms with E-state index in [0.29, 0.717) is 26.1 Å². The van der Waals surface area contributed by atoms with Gasteiger partial charge in [0, 0.05) is 13.1 Å². The van der Waals surface area contributed by atoms with Crippen LogP contribution in [0.1, 0.15) is 43.0 Å². The number of nitrogens with one attached hydrogen (secondary N) is 1. The second-order valence-electron chi connectivity index (χ2n) is 6.66. The Labute approximate surface area is 160 Å². The fourth-order valence-corrected chi connectivity index (χ4v) is 3.47. The maximum absolute atomic E-state index is 13.0. The number of nitrogens with zero attached hydrogens (tertiary/aromatic N) is 1. The summed E-state index contributed by atoms with van der Waals surface area (Å²) in [7, 11) is 0. The van der Waals surface area contributed by atoms with E-state index in [1.807, 2.05) is 62.4 Å². The van der Waals surface area contributed by atoms with Crippen molar-refractivity contribution in [3.05, 3.63) is 65.2 Å². The summed E-state index contributed by atoms with van der Waals surface area (Å²) in [5.41, 5.74) is 2.86. The Morgan fingerprint density at radius 3 is 2.59 bits per heavy atom. The standard InChI is InChI=1S/C22H26N2O3/c1-3-13-24-20(25)14-17-7-5-6-8-19(17)21(24)22(26)23-15-16-9-11-18(12-10-16)27-4-2/h5-12,21H,3-4,13-15H2,1-2H3,(H,23,26). The number of hydrogen-bond acceptors (Lipinski definition) is 3. The van der Waals surface area contributed by atoms with E-state index in [0.717, 1.165) is 28.9 Å². The van der Waals surface area contributed by atoms with Gasteiger partial charge < -0.3 is 15.0 Å². The van der Waals surface area contributed by atoms with Gasteiger partial charge in [0.15, 0.2) is 0 Å². The predicted octanol–water partition coefficient (Wildman–Crippen LogP) is 3.24. The van der Waals surface area contributed by atoms with Crippen LogP contribution in [-0.4, -0.2) is 29.9 Å². The lowest BCUT2D eigenvalue weighted by Crippen LogP contribution is -2.47. The van der Waals surface area contributed by atoms with Gasteiger partial charge in [0.25, 0.3) is 0 Å². The molecule has 1 N–H and O–H groups in total. The van der Waals surface area contributed by atoms with E-state index in [9.17, 15) is 9.59 Å². The molecule has 3 rings (SSSR count). The van der Waals surface area contributed by atoms with Crippen molar-refractivity contribution >= 4 is 11.8 Å². The minimum Gasteiger partial charge on any atom is -0.494 e. The Morgan fingerprint density at radius 2 is 1.89 bits per heavy atom. The molecule has 0 aromatic heterocycles. The first kappa shape index (κ1) is 19.0. The maximum atomic E-state index is 13.0. The molecule has 5 heteroatoms. The van der Waals surface area contributed by atoms with Crippen molar-refractivity contribution < 1.29 is 14.3 Å². The Bertz CT molecular complexity index is 801. The molecule has 5 nitrogen and oxygen atoms in total. The predicted molar refractivity (Wildman–Crippen MR) is 104 cm³/mol. The number of benzene rings is 2. The lowest BCUT2D eigenvalue weighted by Gasteiger charge is -2.36. The lowest BCUT2D eigenvalue weighted by molar-refractivity contribution is -0.141. The summed E-state index contributed by atoms with van der Waals surface area (Å²) in [5, 5.41) is 3.00. The number of ether oxygens (including phenoxy) is 1. The molecule has 1 aliphatic rings. The first-order valence-corrected chi connectivity index (χ1v) is 9.50. The highest BCUT2D eigenvalue weighted by Crippen LogP contribution is 2.30. The van der Waals surface area contributed by atoms with Gasteiger partial charge in [-0.1, -0.05) is 43.3 Å². The van der Waals surface area contributed by atoms with Crippen molar-refractivity contribution in [1.82, 2.24) is 10.2 Å². The zero-order chi connectivity index (χ0) is 19.2. The molecule has 0 spiro atoms. The summed E-state index contributed by atoms with van der Waals surface area (Å²) in [6, 6.07) is 14.8. The average molecular weight is 366 g/mol. The van der Waals surface area contributed by atoms with Gasteiger partial charge in [-0.25, -0.2) is 0 Å². The third kappa shape index (κ3) is 4.30. The molecule has 27 heavy (non-hydrogen) atoms. The van der Waals surface area contributed by atoms with Crippen molar-refractivity contribution in [1.29, 1.82) is 0 Å². The largest absolute Gasteiger partial charge is 0.494 e. The maximum Gasteiger partial charge on any atom is 0.247 e. The molecule has 1 unspecified atom stereocenters. The molecule has 142 valence electrons. The zero-order valence-electron chi connectivity index (χ0n) is 15.9. The highest BCUT2D eigenvalue weighted by molar-refractivity contribution is 5.92.